The summed E-state index contributed by atoms with van der Waals surface area (Å²) in [5, 5.41) is 3.37. The van der Waals surface area contributed by atoms with Gasteiger partial charge in [-0.25, -0.2) is 0 Å². The quantitative estimate of drug-likeness (QED) is 0.237. The standard InChI is InChI=1S/C12H18N4O7/c1-5(17)20-4-8-10(21-6(2)18)11(22-7(3)19)9(13)12(23-8)15-16-14/h8-12H,4,13H2,1-3H3/t8-,9-,10-,11-,12-/m1/s1. The van der Waals surface area contributed by atoms with Crippen LogP contribution in [-0.2, 0) is 33.3 Å². The van der Waals surface area contributed by atoms with Gasteiger partial charge >= 0.3 is 17.9 Å². The molecule has 0 amide bonds. The van der Waals surface area contributed by atoms with Crippen molar-refractivity contribution < 1.29 is 33.3 Å². The van der Waals surface area contributed by atoms with Gasteiger partial charge in [-0.3, -0.25) is 14.4 Å². The van der Waals surface area contributed by atoms with Crippen LogP contribution in [0.25, 0.3) is 10.4 Å². The van der Waals surface area contributed by atoms with Gasteiger partial charge in [-0.1, -0.05) is 5.11 Å². The average Bonchev–Trinajstić information content (AvgIpc) is 2.43. The molecule has 1 aliphatic rings. The summed E-state index contributed by atoms with van der Waals surface area (Å²) in [5.74, 6) is -1.93. The van der Waals surface area contributed by atoms with Crippen LogP contribution in [0, 0.1) is 0 Å². The first-order chi connectivity index (χ1) is 10.8. The Labute approximate surface area is 131 Å². The van der Waals surface area contributed by atoms with E-state index in [1.54, 1.807) is 0 Å². The fourth-order valence-corrected chi connectivity index (χ4v) is 2.10. The molecular formula is C12H18N4O7. The molecule has 0 radical (unpaired) electrons. The number of carbonyl (C=O) groups excluding carboxylic acids is 3. The number of rotatable bonds is 5. The minimum absolute atomic E-state index is 0.296. The topological polar surface area (TPSA) is 163 Å². The lowest BCUT2D eigenvalue weighted by Crippen LogP contribution is -2.63. The number of hydrogen-bond acceptors (Lipinski definition) is 9. The van der Waals surface area contributed by atoms with Crippen molar-refractivity contribution in [3.63, 3.8) is 0 Å². The number of hydrogen-bond donors (Lipinski definition) is 1. The van der Waals surface area contributed by atoms with E-state index in [0.29, 0.717) is 0 Å². The predicted molar refractivity (Wildman–Crippen MR) is 73.5 cm³/mol. The molecule has 0 aliphatic carbocycles. The van der Waals surface area contributed by atoms with Gasteiger partial charge in [0.25, 0.3) is 0 Å². The highest BCUT2D eigenvalue weighted by Gasteiger charge is 2.48. The molecule has 0 spiro atoms. The Morgan fingerprint density at radius 1 is 1.13 bits per heavy atom. The highest BCUT2D eigenvalue weighted by atomic mass is 16.6. The highest BCUT2D eigenvalue weighted by molar-refractivity contribution is 5.67. The molecule has 1 fully saturated rings. The van der Waals surface area contributed by atoms with E-state index in [0.717, 1.165) is 13.8 Å². The van der Waals surface area contributed by atoms with Crippen LogP contribution in [0.1, 0.15) is 20.8 Å². The summed E-state index contributed by atoms with van der Waals surface area (Å²) < 4.78 is 20.4. The molecular weight excluding hydrogens is 312 g/mol. The first kappa shape index (κ1) is 18.7. The maximum Gasteiger partial charge on any atom is 0.303 e. The first-order valence-corrected chi connectivity index (χ1v) is 6.69. The van der Waals surface area contributed by atoms with E-state index in [1.165, 1.54) is 6.92 Å². The van der Waals surface area contributed by atoms with E-state index in [4.69, 9.17) is 30.2 Å². The Kier molecular flexibility index (Phi) is 6.76. The summed E-state index contributed by atoms with van der Waals surface area (Å²) in [6, 6.07) is -1.06. The van der Waals surface area contributed by atoms with E-state index < -0.39 is 48.5 Å². The fraction of sp³-hybridized carbons (Fsp3) is 0.750. The smallest absolute Gasteiger partial charge is 0.303 e. The average molecular weight is 330 g/mol. The molecule has 1 saturated heterocycles. The molecule has 1 rings (SSSR count). The summed E-state index contributed by atoms with van der Waals surface area (Å²) in [6.45, 7) is 3.19. The highest BCUT2D eigenvalue weighted by Crippen LogP contribution is 2.26. The Bertz CT molecular complexity index is 520. The second-order valence-corrected chi connectivity index (χ2v) is 4.80. The molecule has 128 valence electrons. The van der Waals surface area contributed by atoms with E-state index in [-0.39, 0.29) is 6.61 Å². The molecule has 0 aromatic carbocycles. The number of nitrogens with two attached hydrogens (primary N) is 1. The lowest BCUT2D eigenvalue weighted by Gasteiger charge is -2.42. The molecule has 23 heavy (non-hydrogen) atoms. The van der Waals surface area contributed by atoms with E-state index in [1.807, 2.05) is 0 Å². The molecule has 1 aliphatic heterocycles. The second kappa shape index (κ2) is 8.32. The normalized spacial score (nSPS) is 29.8. The third-order valence-corrected chi connectivity index (χ3v) is 2.93. The molecule has 0 saturated carbocycles. The van der Waals surface area contributed by atoms with Gasteiger partial charge in [-0.05, 0) is 5.53 Å². The Balaban J connectivity index is 3.09. The van der Waals surface area contributed by atoms with Crippen LogP contribution in [-0.4, -0.2) is 55.1 Å². The van der Waals surface area contributed by atoms with Crippen LogP contribution in [0.2, 0.25) is 0 Å². The van der Waals surface area contributed by atoms with Gasteiger partial charge in [0.1, 0.15) is 12.7 Å². The third-order valence-electron chi connectivity index (χ3n) is 2.93. The number of carbonyl (C=O) groups is 3. The Morgan fingerprint density at radius 3 is 2.17 bits per heavy atom. The zero-order valence-corrected chi connectivity index (χ0v) is 12.9. The first-order valence-electron chi connectivity index (χ1n) is 6.69. The monoisotopic (exact) mass is 330 g/mol. The second-order valence-electron chi connectivity index (χ2n) is 4.80. The van der Waals surface area contributed by atoms with Crippen molar-refractivity contribution in [2.24, 2.45) is 10.8 Å². The van der Waals surface area contributed by atoms with Crippen molar-refractivity contribution in [1.82, 2.24) is 0 Å². The Morgan fingerprint density at radius 2 is 1.70 bits per heavy atom. The number of esters is 3. The number of nitrogens with zero attached hydrogens (tertiary/aromatic N) is 3. The largest absolute Gasteiger partial charge is 0.463 e. The molecule has 11 nitrogen and oxygen atoms in total. The van der Waals surface area contributed by atoms with E-state index in [2.05, 4.69) is 10.0 Å². The summed E-state index contributed by atoms with van der Waals surface area (Å²) in [4.78, 5) is 36.1. The van der Waals surface area contributed by atoms with Crippen LogP contribution in [0.3, 0.4) is 0 Å². The zero-order chi connectivity index (χ0) is 17.6. The van der Waals surface area contributed by atoms with Crippen molar-refractivity contribution in [2.75, 3.05) is 6.61 Å². The maximum atomic E-state index is 11.3. The third kappa shape index (κ3) is 5.40. The number of azide groups is 1. The van der Waals surface area contributed by atoms with E-state index in [9.17, 15) is 14.4 Å². The minimum Gasteiger partial charge on any atom is -0.463 e. The number of ether oxygens (including phenoxy) is 4. The molecule has 1 heterocycles. The van der Waals surface area contributed by atoms with Gasteiger partial charge in [0, 0.05) is 25.7 Å². The molecule has 0 bridgehead atoms. The van der Waals surface area contributed by atoms with Crippen molar-refractivity contribution in [1.29, 1.82) is 0 Å². The van der Waals surface area contributed by atoms with Crippen LogP contribution >= 0.6 is 0 Å². The fourth-order valence-electron chi connectivity index (χ4n) is 2.10. The summed E-state index contributed by atoms with van der Waals surface area (Å²) in [5.41, 5.74) is 14.4. The lowest BCUT2D eigenvalue weighted by atomic mass is 9.96. The van der Waals surface area contributed by atoms with Crippen molar-refractivity contribution in [3.05, 3.63) is 10.4 Å². The van der Waals surface area contributed by atoms with Gasteiger partial charge in [0.05, 0.1) is 6.04 Å². The SMILES string of the molecule is CC(=O)OC[C@H]1O[C@@H](N=[N+]=[N-])[C@H](N)[C@@H](OC(C)=O)[C@@H]1OC(C)=O. The van der Waals surface area contributed by atoms with Crippen LogP contribution < -0.4 is 5.73 Å². The predicted octanol–water partition coefficient (Wildman–Crippen LogP) is -0.225. The van der Waals surface area contributed by atoms with Gasteiger partial charge in [0.2, 0.25) is 0 Å². The van der Waals surface area contributed by atoms with Gasteiger partial charge in [0.15, 0.2) is 18.4 Å². The van der Waals surface area contributed by atoms with Gasteiger partial charge in [-0.2, -0.15) is 0 Å². The molecule has 0 aromatic heterocycles. The van der Waals surface area contributed by atoms with Gasteiger partial charge in [-0.15, -0.1) is 0 Å². The molecule has 11 heteroatoms. The van der Waals surface area contributed by atoms with Crippen molar-refractivity contribution >= 4 is 17.9 Å². The van der Waals surface area contributed by atoms with E-state index >= 15 is 0 Å². The lowest BCUT2D eigenvalue weighted by molar-refractivity contribution is -0.219. The summed E-state index contributed by atoms with van der Waals surface area (Å²) >= 11 is 0. The van der Waals surface area contributed by atoms with Crippen LogP contribution in [0.5, 0.6) is 0 Å². The Hall–Kier alpha value is -2.36. The van der Waals surface area contributed by atoms with Crippen molar-refractivity contribution in [3.8, 4) is 0 Å². The summed E-state index contributed by atoms with van der Waals surface area (Å²) in [6.07, 6.45) is -4.43. The maximum absolute atomic E-state index is 11.3. The minimum atomic E-state index is -1.18. The summed E-state index contributed by atoms with van der Waals surface area (Å²) in [7, 11) is 0. The molecule has 0 aromatic rings. The van der Waals surface area contributed by atoms with Crippen LogP contribution in [0.15, 0.2) is 5.11 Å². The van der Waals surface area contributed by atoms with Crippen LogP contribution in [0.4, 0.5) is 0 Å². The molecule has 2 N–H and O–H groups in total. The molecule has 5 atom stereocenters. The molecule has 0 unspecified atom stereocenters. The van der Waals surface area contributed by atoms with Gasteiger partial charge < -0.3 is 24.7 Å². The van der Waals surface area contributed by atoms with Crippen molar-refractivity contribution in [2.45, 2.75) is 51.4 Å². The zero-order valence-electron chi connectivity index (χ0n) is 12.9.